The van der Waals surface area contributed by atoms with Gasteiger partial charge in [0, 0.05) is 48.3 Å². The number of carboxylic acids is 1. The number of hydrogen-bond acceptors (Lipinski definition) is 9. The predicted molar refractivity (Wildman–Crippen MR) is 159 cm³/mol. The van der Waals surface area contributed by atoms with E-state index >= 15 is 0 Å². The molecular weight excluding hydrogens is 542 g/mol. The zero-order chi connectivity index (χ0) is 28.6. The summed E-state index contributed by atoms with van der Waals surface area (Å²) in [5.41, 5.74) is 4.40. The van der Waals surface area contributed by atoms with Gasteiger partial charge in [0.1, 0.15) is 12.0 Å². The van der Waals surface area contributed by atoms with Gasteiger partial charge in [-0.05, 0) is 50.6 Å². The van der Waals surface area contributed by atoms with E-state index in [1.807, 2.05) is 49.3 Å². The second-order valence-corrected chi connectivity index (χ2v) is 11.0. The number of aromatic amines is 1. The number of carbonyl (C=O) groups is 2. The van der Waals surface area contributed by atoms with Gasteiger partial charge in [-0.25, -0.2) is 24.7 Å². The lowest BCUT2D eigenvalue weighted by molar-refractivity contribution is -0.158. The second kappa shape index (κ2) is 10.6. The third kappa shape index (κ3) is 4.32. The number of carboxylic acid groups (broad SMARTS) is 1. The van der Waals surface area contributed by atoms with Crippen LogP contribution in [0, 0.1) is 11.3 Å². The molecule has 0 saturated carbocycles. The zero-order valence-electron chi connectivity index (χ0n) is 22.7. The molecule has 2 aliphatic rings. The molecule has 5 N–H and O–H groups in total. The average molecular weight is 574 g/mol. The normalized spacial score (nSPS) is 24.1. The largest absolute Gasteiger partial charge is 0.481 e. The van der Waals surface area contributed by atoms with Gasteiger partial charge in [-0.3, -0.25) is 10.1 Å². The number of benzene rings is 1. The Labute approximate surface area is 240 Å². The molecule has 212 valence electrons. The van der Waals surface area contributed by atoms with Crippen LogP contribution >= 0.6 is 11.3 Å². The van der Waals surface area contributed by atoms with E-state index in [0.29, 0.717) is 38.2 Å². The van der Waals surface area contributed by atoms with E-state index in [9.17, 15) is 14.7 Å². The molecule has 0 aliphatic carbocycles. The van der Waals surface area contributed by atoms with Gasteiger partial charge in [-0.2, -0.15) is 0 Å². The van der Waals surface area contributed by atoms with Crippen molar-refractivity contribution in [1.82, 2.24) is 35.9 Å². The number of allylic oxidation sites excluding steroid dienone is 1. The topological polar surface area (TPSA) is 161 Å². The van der Waals surface area contributed by atoms with E-state index in [1.54, 1.807) is 17.8 Å². The van der Waals surface area contributed by atoms with Crippen LogP contribution in [0.2, 0.25) is 0 Å². The van der Waals surface area contributed by atoms with Crippen molar-refractivity contribution in [3.8, 4) is 11.3 Å². The van der Waals surface area contributed by atoms with E-state index in [0.717, 1.165) is 32.5 Å². The fraction of sp³-hybridized carbons (Fsp3) is 0.357. The molecule has 3 unspecified atom stereocenters. The number of thiazole rings is 1. The molecule has 2 aliphatic heterocycles. The fourth-order valence-electron chi connectivity index (χ4n) is 6.19. The number of anilines is 1. The van der Waals surface area contributed by atoms with Crippen molar-refractivity contribution in [3.05, 3.63) is 48.5 Å². The van der Waals surface area contributed by atoms with Gasteiger partial charge in [0.15, 0.2) is 0 Å². The van der Waals surface area contributed by atoms with Crippen LogP contribution in [0.4, 0.5) is 10.5 Å². The Hall–Kier alpha value is -4.36. The summed E-state index contributed by atoms with van der Waals surface area (Å²) in [7, 11) is 0. The highest BCUT2D eigenvalue weighted by molar-refractivity contribution is 7.17. The first kappa shape index (κ1) is 26.8. The number of aromatic nitrogens is 4. The third-order valence-electron chi connectivity index (χ3n) is 8.20. The van der Waals surface area contributed by atoms with Crippen LogP contribution in [0.5, 0.6) is 0 Å². The molecule has 1 saturated heterocycles. The van der Waals surface area contributed by atoms with E-state index in [2.05, 4.69) is 35.9 Å². The van der Waals surface area contributed by atoms with Crippen LogP contribution in [-0.4, -0.2) is 68.7 Å². The van der Waals surface area contributed by atoms with Crippen LogP contribution in [0.3, 0.4) is 0 Å². The monoisotopic (exact) mass is 573 g/mol. The lowest BCUT2D eigenvalue weighted by Gasteiger charge is -2.53. The maximum absolute atomic E-state index is 13.2. The van der Waals surface area contributed by atoms with Crippen LogP contribution in [0.25, 0.3) is 32.5 Å². The van der Waals surface area contributed by atoms with Crippen molar-refractivity contribution in [2.45, 2.75) is 32.5 Å². The molecule has 3 atom stereocenters. The van der Waals surface area contributed by atoms with E-state index in [1.165, 1.54) is 17.7 Å². The van der Waals surface area contributed by atoms with E-state index < -0.39 is 29.1 Å². The molecule has 41 heavy (non-hydrogen) atoms. The van der Waals surface area contributed by atoms with Gasteiger partial charge in [-0.15, -0.1) is 11.3 Å². The van der Waals surface area contributed by atoms with Crippen LogP contribution in [0.1, 0.15) is 26.7 Å². The zero-order valence-corrected chi connectivity index (χ0v) is 23.5. The van der Waals surface area contributed by atoms with Gasteiger partial charge >= 0.3 is 12.0 Å². The summed E-state index contributed by atoms with van der Waals surface area (Å²) in [5.74, 6) is -2.98. The van der Waals surface area contributed by atoms with Crippen molar-refractivity contribution in [3.63, 3.8) is 0 Å². The van der Waals surface area contributed by atoms with Gasteiger partial charge in [0.2, 0.25) is 5.79 Å². The Balaban J connectivity index is 1.58. The molecule has 3 aromatic heterocycles. The number of H-pyrrole nitrogens is 1. The smallest absolute Gasteiger partial charge is 0.318 e. The van der Waals surface area contributed by atoms with Crippen molar-refractivity contribution >= 4 is 56.5 Å². The molecule has 6 rings (SSSR count). The fourth-order valence-corrected chi connectivity index (χ4v) is 6.98. The highest BCUT2D eigenvalue weighted by Gasteiger charge is 2.59. The number of aliphatic imine (C=N–C) groups is 1. The standard InChI is InChI=1S/C28H31N9O3S/c1-3-27(25(38)39)7-10-29-14-21(27)28(36-26(40)30-4-2)35-8-5-11-37(28)17-12-19(23-20(13-17)34-16-41-23)22-18-6-9-31-24(18)33-15-32-22/h5-6,8-9,11-13,15-16,21,29H,3-4,7,10,14H2,1-2H3,(H,38,39)(H2,30,36,40)(H,31,32,33). The predicted octanol–water partition coefficient (Wildman–Crippen LogP) is 3.70. The highest BCUT2D eigenvalue weighted by Crippen LogP contribution is 2.48. The Morgan fingerprint density at radius 1 is 1.24 bits per heavy atom. The Morgan fingerprint density at radius 2 is 2.12 bits per heavy atom. The number of aliphatic carboxylic acids is 1. The first-order chi connectivity index (χ1) is 19.9. The lowest BCUT2D eigenvalue weighted by Crippen LogP contribution is -2.71. The Morgan fingerprint density at radius 3 is 2.93 bits per heavy atom. The number of hydrogen-bond donors (Lipinski definition) is 5. The highest BCUT2D eigenvalue weighted by atomic mass is 32.1. The van der Waals surface area contributed by atoms with Crippen LogP contribution in [0.15, 0.2) is 53.5 Å². The minimum Gasteiger partial charge on any atom is -0.481 e. The molecule has 2 amide bonds. The summed E-state index contributed by atoms with van der Waals surface area (Å²) in [5, 5.41) is 20.8. The third-order valence-corrected chi connectivity index (χ3v) is 9.08. The number of carbonyl (C=O) groups excluding carboxylic acids is 1. The average Bonchev–Trinajstić information content (AvgIpc) is 3.66. The molecule has 12 nitrogen and oxygen atoms in total. The molecular formula is C28H31N9O3S. The summed E-state index contributed by atoms with van der Waals surface area (Å²) in [4.78, 5) is 49.7. The molecule has 1 aromatic carbocycles. The maximum Gasteiger partial charge on any atom is 0.318 e. The SMILES string of the molecule is CCNC(=O)NC1(C2CNCCC2(CC)C(=O)O)N=CC=CN1c1cc(-c2ncnc3[nH]ccc23)c2scnc2c1. The first-order valence-electron chi connectivity index (χ1n) is 13.6. The number of nitrogens with one attached hydrogen (secondary N) is 4. The maximum atomic E-state index is 13.2. The lowest BCUT2D eigenvalue weighted by atomic mass is 9.65. The number of rotatable bonds is 7. The molecule has 4 aromatic rings. The van der Waals surface area contributed by atoms with E-state index in [4.69, 9.17) is 4.99 Å². The van der Waals surface area contributed by atoms with Crippen molar-refractivity contribution in [2.75, 3.05) is 24.5 Å². The molecule has 1 fully saturated rings. The Kier molecular flexibility index (Phi) is 6.91. The molecule has 0 bridgehead atoms. The van der Waals surface area contributed by atoms with Crippen molar-refractivity contribution < 1.29 is 14.7 Å². The summed E-state index contributed by atoms with van der Waals surface area (Å²) < 4.78 is 0.953. The quantitative estimate of drug-likeness (QED) is 0.224. The summed E-state index contributed by atoms with van der Waals surface area (Å²) in [6, 6.07) is 5.44. The number of amides is 2. The first-order valence-corrected chi connectivity index (χ1v) is 14.5. The molecule has 0 radical (unpaired) electrons. The molecule has 13 heteroatoms. The summed E-state index contributed by atoms with van der Waals surface area (Å²) in [6.45, 7) is 5.02. The van der Waals surface area contributed by atoms with Crippen molar-refractivity contribution in [2.24, 2.45) is 16.3 Å². The molecule has 5 heterocycles. The number of fused-ring (bicyclic) bond motifs is 2. The number of nitrogens with zero attached hydrogens (tertiary/aromatic N) is 5. The van der Waals surface area contributed by atoms with Crippen LogP contribution in [-0.2, 0) is 4.79 Å². The summed E-state index contributed by atoms with van der Waals surface area (Å²) >= 11 is 1.51. The number of urea groups is 1. The van der Waals surface area contributed by atoms with Gasteiger partial charge in [0.25, 0.3) is 0 Å². The summed E-state index contributed by atoms with van der Waals surface area (Å²) in [6.07, 6.45) is 9.36. The van der Waals surface area contributed by atoms with Gasteiger partial charge in [-0.1, -0.05) is 6.92 Å². The minimum atomic E-state index is -1.45. The van der Waals surface area contributed by atoms with Gasteiger partial charge < -0.3 is 25.6 Å². The second-order valence-electron chi connectivity index (χ2n) is 10.2. The van der Waals surface area contributed by atoms with Crippen molar-refractivity contribution in [1.29, 1.82) is 0 Å². The minimum absolute atomic E-state index is 0.343. The number of piperidine rings is 1. The van der Waals surface area contributed by atoms with E-state index in [-0.39, 0.29) is 0 Å². The van der Waals surface area contributed by atoms with Gasteiger partial charge in [0.05, 0.1) is 32.8 Å². The Bertz CT molecular complexity index is 1680. The molecule has 0 spiro atoms. The van der Waals surface area contributed by atoms with Crippen LogP contribution < -0.4 is 20.9 Å².